The van der Waals surface area contributed by atoms with Crippen LogP contribution in [0.2, 0.25) is 0 Å². The Morgan fingerprint density at radius 1 is 1.33 bits per heavy atom. The van der Waals surface area contributed by atoms with Crippen LogP contribution in [0.1, 0.15) is 40.6 Å². The SMILES string of the molecule is Cc1cc(C(=O)N2CCC[C@H](n3ccnc3C)C2)c2[nH]ncc2c1. The van der Waals surface area contributed by atoms with Crippen molar-refractivity contribution in [1.29, 1.82) is 0 Å². The smallest absolute Gasteiger partial charge is 0.256 e. The number of aryl methyl sites for hydroxylation is 2. The van der Waals surface area contributed by atoms with Crippen molar-refractivity contribution in [3.8, 4) is 0 Å². The Bertz CT molecular complexity index is 894. The van der Waals surface area contributed by atoms with Gasteiger partial charge in [-0.1, -0.05) is 0 Å². The maximum absolute atomic E-state index is 13.1. The van der Waals surface area contributed by atoms with Gasteiger partial charge in [-0.25, -0.2) is 4.98 Å². The summed E-state index contributed by atoms with van der Waals surface area (Å²) in [6, 6.07) is 4.30. The number of hydrogen-bond donors (Lipinski definition) is 1. The van der Waals surface area contributed by atoms with E-state index in [0.29, 0.717) is 11.6 Å². The second-order valence-electron chi connectivity index (χ2n) is 6.58. The molecule has 0 bridgehead atoms. The van der Waals surface area contributed by atoms with Gasteiger partial charge in [0.15, 0.2) is 0 Å². The van der Waals surface area contributed by atoms with Crippen LogP contribution in [0.4, 0.5) is 0 Å². The summed E-state index contributed by atoms with van der Waals surface area (Å²) in [5.74, 6) is 1.08. The van der Waals surface area contributed by atoms with Crippen LogP contribution in [0.3, 0.4) is 0 Å². The van der Waals surface area contributed by atoms with Gasteiger partial charge in [0.1, 0.15) is 5.82 Å². The van der Waals surface area contributed by atoms with Crippen molar-refractivity contribution in [1.82, 2.24) is 24.6 Å². The van der Waals surface area contributed by atoms with Gasteiger partial charge in [0.2, 0.25) is 0 Å². The molecule has 1 aliphatic rings. The second-order valence-corrected chi connectivity index (χ2v) is 6.58. The number of H-pyrrole nitrogens is 1. The van der Waals surface area contributed by atoms with E-state index in [4.69, 9.17) is 0 Å². The number of aromatic nitrogens is 4. The highest BCUT2D eigenvalue weighted by Gasteiger charge is 2.27. The third-order valence-corrected chi connectivity index (χ3v) is 4.86. The van der Waals surface area contributed by atoms with E-state index < -0.39 is 0 Å². The van der Waals surface area contributed by atoms with Crippen LogP contribution in [0, 0.1) is 13.8 Å². The molecular formula is C18H21N5O. The monoisotopic (exact) mass is 323 g/mol. The largest absolute Gasteiger partial charge is 0.337 e. The Balaban J connectivity index is 1.64. The number of carbonyl (C=O) groups excluding carboxylic acids is 1. The molecule has 4 rings (SSSR count). The van der Waals surface area contributed by atoms with Crippen LogP contribution >= 0.6 is 0 Å². The average molecular weight is 323 g/mol. The fraction of sp³-hybridized carbons (Fsp3) is 0.389. The van der Waals surface area contributed by atoms with Crippen molar-refractivity contribution in [2.45, 2.75) is 32.7 Å². The first-order valence-electron chi connectivity index (χ1n) is 8.36. The molecule has 1 aliphatic heterocycles. The molecule has 124 valence electrons. The minimum Gasteiger partial charge on any atom is -0.337 e. The number of nitrogens with zero attached hydrogens (tertiary/aromatic N) is 4. The molecule has 0 spiro atoms. The summed E-state index contributed by atoms with van der Waals surface area (Å²) in [5.41, 5.74) is 2.61. The molecule has 3 heterocycles. The molecule has 1 fully saturated rings. The van der Waals surface area contributed by atoms with Crippen molar-refractivity contribution < 1.29 is 4.79 Å². The van der Waals surface area contributed by atoms with E-state index >= 15 is 0 Å². The Kier molecular flexibility index (Phi) is 3.59. The van der Waals surface area contributed by atoms with Gasteiger partial charge in [0.25, 0.3) is 5.91 Å². The lowest BCUT2D eigenvalue weighted by atomic mass is 10.0. The first kappa shape index (κ1) is 14.9. The summed E-state index contributed by atoms with van der Waals surface area (Å²) in [6.45, 7) is 5.54. The predicted octanol–water partition coefficient (Wildman–Crippen LogP) is 2.85. The lowest BCUT2D eigenvalue weighted by Gasteiger charge is -2.34. The van der Waals surface area contributed by atoms with Crippen LogP contribution in [-0.4, -0.2) is 43.6 Å². The standard InChI is InChI=1S/C18H21N5O/c1-12-8-14-10-20-21-17(14)16(9-12)18(24)22-6-3-4-15(11-22)23-7-5-19-13(23)2/h5,7-10,15H,3-4,6,11H2,1-2H3,(H,20,21)/t15-/m0/s1. The molecule has 6 nitrogen and oxygen atoms in total. The van der Waals surface area contributed by atoms with Gasteiger partial charge in [0, 0.05) is 30.9 Å². The summed E-state index contributed by atoms with van der Waals surface area (Å²) in [5, 5.41) is 8.04. The first-order chi connectivity index (χ1) is 11.6. The molecule has 0 radical (unpaired) electrons. The molecule has 0 unspecified atom stereocenters. The van der Waals surface area contributed by atoms with E-state index in [1.165, 1.54) is 0 Å². The Morgan fingerprint density at radius 2 is 2.21 bits per heavy atom. The molecule has 6 heteroatoms. The lowest BCUT2D eigenvalue weighted by molar-refractivity contribution is 0.0680. The summed E-state index contributed by atoms with van der Waals surface area (Å²) < 4.78 is 2.18. The molecule has 1 N–H and O–H groups in total. The molecule has 1 atom stereocenters. The molecule has 0 aliphatic carbocycles. The number of likely N-dealkylation sites (tertiary alicyclic amines) is 1. The third kappa shape index (κ3) is 2.48. The van der Waals surface area contributed by atoms with Crippen LogP contribution in [0.25, 0.3) is 10.9 Å². The Hall–Kier alpha value is -2.63. The predicted molar refractivity (Wildman–Crippen MR) is 92.0 cm³/mol. The van der Waals surface area contributed by atoms with Gasteiger partial charge >= 0.3 is 0 Å². The highest BCUT2D eigenvalue weighted by Crippen LogP contribution is 2.26. The summed E-state index contributed by atoms with van der Waals surface area (Å²) >= 11 is 0. The van der Waals surface area contributed by atoms with Gasteiger partial charge in [-0.2, -0.15) is 5.10 Å². The molecule has 3 aromatic rings. The van der Waals surface area contributed by atoms with E-state index in [1.807, 2.05) is 43.3 Å². The number of carbonyl (C=O) groups is 1. The molecule has 1 saturated heterocycles. The summed E-state index contributed by atoms with van der Waals surface area (Å²) in [6.07, 6.45) is 7.69. The van der Waals surface area contributed by atoms with E-state index in [9.17, 15) is 4.79 Å². The van der Waals surface area contributed by atoms with Crippen LogP contribution in [0.5, 0.6) is 0 Å². The highest BCUT2D eigenvalue weighted by atomic mass is 16.2. The van der Waals surface area contributed by atoms with Gasteiger partial charge in [-0.05, 0) is 44.4 Å². The number of nitrogens with one attached hydrogen (secondary N) is 1. The van der Waals surface area contributed by atoms with Gasteiger partial charge < -0.3 is 9.47 Å². The quantitative estimate of drug-likeness (QED) is 0.788. The lowest BCUT2D eigenvalue weighted by Crippen LogP contribution is -2.41. The minimum absolute atomic E-state index is 0.0791. The fourth-order valence-electron chi connectivity index (χ4n) is 3.69. The van der Waals surface area contributed by atoms with Gasteiger partial charge in [-0.15, -0.1) is 0 Å². The van der Waals surface area contributed by atoms with E-state index in [-0.39, 0.29) is 5.91 Å². The molecule has 1 amide bonds. The van der Waals surface area contributed by atoms with Crippen LogP contribution < -0.4 is 0 Å². The van der Waals surface area contributed by atoms with Gasteiger partial charge in [-0.3, -0.25) is 9.89 Å². The number of hydrogen-bond acceptors (Lipinski definition) is 3. The number of piperidine rings is 1. The van der Waals surface area contributed by atoms with Crippen LogP contribution in [0.15, 0.2) is 30.7 Å². The first-order valence-corrected chi connectivity index (χ1v) is 8.36. The zero-order valence-corrected chi connectivity index (χ0v) is 14.0. The number of aromatic amines is 1. The molecule has 24 heavy (non-hydrogen) atoms. The molecular weight excluding hydrogens is 302 g/mol. The topological polar surface area (TPSA) is 66.8 Å². The van der Waals surface area contributed by atoms with Gasteiger partial charge in [0.05, 0.1) is 23.3 Å². The average Bonchev–Trinajstić information content (AvgIpc) is 3.22. The maximum Gasteiger partial charge on any atom is 0.256 e. The fourth-order valence-corrected chi connectivity index (χ4v) is 3.69. The molecule has 1 aromatic carbocycles. The number of fused-ring (bicyclic) bond motifs is 1. The number of imidazole rings is 1. The van der Waals surface area contributed by atoms with Crippen molar-refractivity contribution in [3.05, 3.63) is 47.7 Å². The zero-order valence-electron chi connectivity index (χ0n) is 14.0. The Morgan fingerprint density at radius 3 is 3.00 bits per heavy atom. The maximum atomic E-state index is 13.1. The molecule has 2 aromatic heterocycles. The number of rotatable bonds is 2. The van der Waals surface area contributed by atoms with Crippen molar-refractivity contribution in [2.24, 2.45) is 0 Å². The highest BCUT2D eigenvalue weighted by molar-refractivity contribution is 6.05. The third-order valence-electron chi connectivity index (χ3n) is 4.86. The van der Waals surface area contributed by atoms with E-state index in [1.54, 1.807) is 6.20 Å². The normalized spacial score (nSPS) is 18.2. The van der Waals surface area contributed by atoms with Crippen molar-refractivity contribution in [2.75, 3.05) is 13.1 Å². The minimum atomic E-state index is 0.0791. The number of benzene rings is 1. The second kappa shape index (κ2) is 5.78. The van der Waals surface area contributed by atoms with E-state index in [0.717, 1.165) is 48.2 Å². The van der Waals surface area contributed by atoms with Crippen molar-refractivity contribution >= 4 is 16.8 Å². The van der Waals surface area contributed by atoms with Crippen LogP contribution in [-0.2, 0) is 0 Å². The molecule has 0 saturated carbocycles. The van der Waals surface area contributed by atoms with Crippen molar-refractivity contribution in [3.63, 3.8) is 0 Å². The zero-order chi connectivity index (χ0) is 16.7. The number of amides is 1. The summed E-state index contributed by atoms with van der Waals surface area (Å²) in [7, 11) is 0. The Labute approximate surface area is 140 Å². The van der Waals surface area contributed by atoms with E-state index in [2.05, 4.69) is 19.7 Å². The summed E-state index contributed by atoms with van der Waals surface area (Å²) in [4.78, 5) is 19.4.